The summed E-state index contributed by atoms with van der Waals surface area (Å²) < 4.78 is 0. The van der Waals surface area contributed by atoms with Crippen molar-refractivity contribution < 1.29 is 10.2 Å². The summed E-state index contributed by atoms with van der Waals surface area (Å²) in [5.41, 5.74) is 2.72. The molecule has 0 unspecified atom stereocenters. The number of halogens is 2. The van der Waals surface area contributed by atoms with E-state index in [9.17, 15) is 0 Å². The number of aliphatic hydroxyl groups is 2. The highest BCUT2D eigenvalue weighted by molar-refractivity contribution is 6.35. The van der Waals surface area contributed by atoms with Crippen LogP contribution in [-0.4, -0.2) is 10.2 Å². The van der Waals surface area contributed by atoms with Crippen molar-refractivity contribution >= 4 is 23.2 Å². The first-order valence-corrected chi connectivity index (χ1v) is 4.97. The van der Waals surface area contributed by atoms with Crippen molar-refractivity contribution in [3.8, 4) is 0 Å². The van der Waals surface area contributed by atoms with Gasteiger partial charge in [0.25, 0.3) is 0 Å². The molecule has 4 heteroatoms. The van der Waals surface area contributed by atoms with Gasteiger partial charge in [-0.3, -0.25) is 0 Å². The van der Waals surface area contributed by atoms with Crippen molar-refractivity contribution in [2.24, 2.45) is 0 Å². The van der Waals surface area contributed by atoms with Crippen LogP contribution in [0.2, 0.25) is 10.0 Å². The van der Waals surface area contributed by atoms with Gasteiger partial charge in [-0.15, -0.1) is 0 Å². The van der Waals surface area contributed by atoms with Crippen molar-refractivity contribution in [2.45, 2.75) is 27.1 Å². The first-order chi connectivity index (χ1) is 6.54. The largest absolute Gasteiger partial charge is 0.392 e. The Morgan fingerprint density at radius 3 is 1.50 bits per heavy atom. The quantitative estimate of drug-likeness (QED) is 0.827. The van der Waals surface area contributed by atoms with Crippen molar-refractivity contribution in [3.63, 3.8) is 0 Å². The third-order valence-corrected chi connectivity index (χ3v) is 3.43. The number of benzene rings is 1. The lowest BCUT2D eigenvalue weighted by Crippen LogP contribution is -2.00. The van der Waals surface area contributed by atoms with E-state index in [0.717, 1.165) is 11.1 Å². The van der Waals surface area contributed by atoms with E-state index >= 15 is 0 Å². The van der Waals surface area contributed by atoms with Gasteiger partial charge >= 0.3 is 0 Å². The Balaban J connectivity index is 3.56. The van der Waals surface area contributed by atoms with Gasteiger partial charge in [0.15, 0.2) is 0 Å². The Morgan fingerprint density at radius 1 is 0.857 bits per heavy atom. The molecule has 0 spiro atoms. The van der Waals surface area contributed by atoms with E-state index in [2.05, 4.69) is 0 Å². The Morgan fingerprint density at radius 2 is 1.21 bits per heavy atom. The highest BCUT2D eigenvalue weighted by Gasteiger charge is 2.15. The Bertz CT molecular complexity index is 331. The molecular formula is C10H12Cl2O2. The second-order valence-corrected chi connectivity index (χ2v) is 3.91. The molecule has 0 aromatic heterocycles. The van der Waals surface area contributed by atoms with Gasteiger partial charge in [-0.05, 0) is 25.0 Å². The van der Waals surface area contributed by atoms with E-state index in [1.165, 1.54) is 0 Å². The van der Waals surface area contributed by atoms with Crippen molar-refractivity contribution in [1.82, 2.24) is 0 Å². The van der Waals surface area contributed by atoms with E-state index in [0.29, 0.717) is 21.2 Å². The Kier molecular flexibility index (Phi) is 3.78. The maximum Gasteiger partial charge on any atom is 0.0699 e. The van der Waals surface area contributed by atoms with Crippen LogP contribution in [0.5, 0.6) is 0 Å². The lowest BCUT2D eigenvalue weighted by Gasteiger charge is -2.15. The minimum Gasteiger partial charge on any atom is -0.392 e. The second-order valence-electron chi connectivity index (χ2n) is 3.15. The topological polar surface area (TPSA) is 40.5 Å². The van der Waals surface area contributed by atoms with Crippen molar-refractivity contribution in [1.29, 1.82) is 0 Å². The molecule has 2 nitrogen and oxygen atoms in total. The van der Waals surface area contributed by atoms with Gasteiger partial charge < -0.3 is 10.2 Å². The molecule has 0 saturated carbocycles. The highest BCUT2D eigenvalue weighted by atomic mass is 35.5. The average Bonchev–Trinajstić information content (AvgIpc) is 2.16. The average molecular weight is 235 g/mol. The second kappa shape index (κ2) is 4.49. The molecule has 1 aromatic rings. The molecule has 0 radical (unpaired) electrons. The molecule has 78 valence electrons. The zero-order chi connectivity index (χ0) is 10.9. The molecule has 1 rings (SSSR count). The van der Waals surface area contributed by atoms with Crippen LogP contribution >= 0.6 is 23.2 Å². The summed E-state index contributed by atoms with van der Waals surface area (Å²) in [6.07, 6.45) is 0. The first kappa shape index (κ1) is 11.8. The Labute approximate surface area is 93.1 Å². The molecular weight excluding hydrogens is 223 g/mol. The molecule has 0 fully saturated rings. The van der Waals surface area contributed by atoms with Gasteiger partial charge in [0, 0.05) is 16.1 Å². The van der Waals surface area contributed by atoms with Gasteiger partial charge in [0.2, 0.25) is 0 Å². The van der Waals surface area contributed by atoms with Crippen LogP contribution in [0, 0.1) is 13.8 Å². The molecule has 14 heavy (non-hydrogen) atoms. The number of aliphatic hydroxyl groups excluding tert-OH is 2. The summed E-state index contributed by atoms with van der Waals surface area (Å²) in [6.45, 7) is 3.26. The van der Waals surface area contributed by atoms with Gasteiger partial charge in [0.1, 0.15) is 0 Å². The van der Waals surface area contributed by atoms with E-state index in [-0.39, 0.29) is 13.2 Å². The van der Waals surface area contributed by atoms with Crippen LogP contribution in [0.3, 0.4) is 0 Å². The third-order valence-electron chi connectivity index (χ3n) is 2.41. The number of hydrogen-bond donors (Lipinski definition) is 2. The fourth-order valence-electron chi connectivity index (χ4n) is 1.43. The summed E-state index contributed by atoms with van der Waals surface area (Å²) >= 11 is 12.0. The van der Waals surface area contributed by atoms with Crippen LogP contribution in [0.25, 0.3) is 0 Å². The fraction of sp³-hybridized carbons (Fsp3) is 0.400. The van der Waals surface area contributed by atoms with Gasteiger partial charge in [-0.2, -0.15) is 0 Å². The highest BCUT2D eigenvalue weighted by Crippen LogP contribution is 2.34. The van der Waals surface area contributed by atoms with Gasteiger partial charge in [0.05, 0.1) is 18.2 Å². The molecule has 0 aliphatic carbocycles. The molecule has 0 aliphatic rings. The lowest BCUT2D eigenvalue weighted by molar-refractivity contribution is 0.274. The number of hydrogen-bond acceptors (Lipinski definition) is 2. The van der Waals surface area contributed by atoms with E-state index < -0.39 is 0 Å². The summed E-state index contributed by atoms with van der Waals surface area (Å²) in [6, 6.07) is 0. The zero-order valence-corrected chi connectivity index (χ0v) is 9.58. The Hall–Kier alpha value is -0.280. The smallest absolute Gasteiger partial charge is 0.0699 e. The fourth-order valence-corrected chi connectivity index (χ4v) is 2.06. The van der Waals surface area contributed by atoms with Gasteiger partial charge in [-0.25, -0.2) is 0 Å². The molecule has 0 amide bonds. The summed E-state index contributed by atoms with van der Waals surface area (Å²) in [5.74, 6) is 0. The summed E-state index contributed by atoms with van der Waals surface area (Å²) in [5, 5.41) is 19.2. The summed E-state index contributed by atoms with van der Waals surface area (Å²) in [7, 11) is 0. The molecule has 0 atom stereocenters. The molecule has 2 N–H and O–H groups in total. The molecule has 0 heterocycles. The van der Waals surface area contributed by atoms with Crippen LogP contribution in [-0.2, 0) is 13.2 Å². The minimum atomic E-state index is -0.169. The zero-order valence-electron chi connectivity index (χ0n) is 8.06. The van der Waals surface area contributed by atoms with Crippen molar-refractivity contribution in [2.75, 3.05) is 0 Å². The lowest BCUT2D eigenvalue weighted by atomic mass is 10.0. The van der Waals surface area contributed by atoms with Crippen LogP contribution in [0.15, 0.2) is 0 Å². The molecule has 0 saturated heterocycles. The maximum absolute atomic E-state index is 9.11. The van der Waals surface area contributed by atoms with Crippen LogP contribution in [0.4, 0.5) is 0 Å². The first-order valence-electron chi connectivity index (χ1n) is 4.22. The van der Waals surface area contributed by atoms with Crippen molar-refractivity contribution in [3.05, 3.63) is 32.3 Å². The van der Waals surface area contributed by atoms with Gasteiger partial charge in [-0.1, -0.05) is 23.2 Å². The maximum atomic E-state index is 9.11. The van der Waals surface area contributed by atoms with E-state index in [1.54, 1.807) is 13.8 Å². The summed E-state index contributed by atoms with van der Waals surface area (Å²) in [4.78, 5) is 0. The minimum absolute atomic E-state index is 0.169. The third kappa shape index (κ3) is 1.75. The monoisotopic (exact) mass is 234 g/mol. The van der Waals surface area contributed by atoms with Crippen LogP contribution in [0.1, 0.15) is 22.3 Å². The molecule has 0 bridgehead atoms. The molecule has 0 aliphatic heterocycles. The van der Waals surface area contributed by atoms with E-state index in [1.807, 2.05) is 0 Å². The molecule has 1 aromatic carbocycles. The normalized spacial score (nSPS) is 10.7. The standard InChI is InChI=1S/C10H12Cl2O2/c1-5-7(3-13)10(12)8(4-14)6(2)9(5)11/h13-14H,3-4H2,1-2H3. The SMILES string of the molecule is Cc1c(Cl)c(C)c(CO)c(Cl)c1CO. The van der Waals surface area contributed by atoms with Crippen LogP contribution < -0.4 is 0 Å². The van der Waals surface area contributed by atoms with E-state index in [4.69, 9.17) is 33.4 Å². The predicted molar refractivity (Wildman–Crippen MR) is 57.8 cm³/mol. The predicted octanol–water partition coefficient (Wildman–Crippen LogP) is 2.59. The number of rotatable bonds is 2.